The van der Waals surface area contributed by atoms with Crippen LogP contribution < -0.4 is 5.32 Å². The molecule has 0 amide bonds. The van der Waals surface area contributed by atoms with E-state index in [9.17, 15) is 4.79 Å². The number of esters is 1. The number of rotatable bonds is 3. The Balaban J connectivity index is 0.00000196. The van der Waals surface area contributed by atoms with Crippen molar-refractivity contribution < 1.29 is 9.53 Å². The van der Waals surface area contributed by atoms with Gasteiger partial charge in [0.15, 0.2) is 0 Å². The summed E-state index contributed by atoms with van der Waals surface area (Å²) in [4.78, 5) is 11.4. The maximum absolute atomic E-state index is 11.4. The highest BCUT2D eigenvalue weighted by Gasteiger charge is 2.30. The number of piperidine rings is 1. The van der Waals surface area contributed by atoms with Crippen molar-refractivity contribution in [2.45, 2.75) is 19.8 Å². The molecule has 0 spiro atoms. The van der Waals surface area contributed by atoms with Gasteiger partial charge in [0.2, 0.25) is 0 Å². The van der Waals surface area contributed by atoms with Gasteiger partial charge in [-0.3, -0.25) is 4.79 Å². The van der Waals surface area contributed by atoms with Gasteiger partial charge in [0.05, 0.1) is 12.7 Å². The normalized spacial score (nSPS) is 18.4. The van der Waals surface area contributed by atoms with Crippen molar-refractivity contribution in [3.8, 4) is 6.07 Å². The van der Waals surface area contributed by atoms with Gasteiger partial charge in [-0.1, -0.05) is 0 Å². The highest BCUT2D eigenvalue weighted by atomic mass is 35.5. The van der Waals surface area contributed by atoms with Crippen LogP contribution in [0, 0.1) is 23.2 Å². The summed E-state index contributed by atoms with van der Waals surface area (Å²) in [5.74, 6) is -0.765. The van der Waals surface area contributed by atoms with Gasteiger partial charge in [0.25, 0.3) is 0 Å². The van der Waals surface area contributed by atoms with Crippen molar-refractivity contribution in [3.63, 3.8) is 0 Å². The van der Waals surface area contributed by atoms with Crippen LogP contribution >= 0.6 is 12.4 Å². The van der Waals surface area contributed by atoms with Gasteiger partial charge in [-0.2, -0.15) is 5.26 Å². The SMILES string of the molecule is CCOC(=O)C(C#N)C1CCNCC1.Cl. The van der Waals surface area contributed by atoms with Gasteiger partial charge >= 0.3 is 5.97 Å². The van der Waals surface area contributed by atoms with E-state index < -0.39 is 5.92 Å². The van der Waals surface area contributed by atoms with E-state index in [1.165, 1.54) is 0 Å². The zero-order valence-corrected chi connectivity index (χ0v) is 9.68. The largest absolute Gasteiger partial charge is 0.465 e. The van der Waals surface area contributed by atoms with Gasteiger partial charge < -0.3 is 10.1 Å². The summed E-state index contributed by atoms with van der Waals surface area (Å²) >= 11 is 0. The molecule has 1 saturated heterocycles. The van der Waals surface area contributed by atoms with Crippen LogP contribution in [0.3, 0.4) is 0 Å². The first-order valence-corrected chi connectivity index (χ1v) is 5.06. The third kappa shape index (κ3) is 4.06. The lowest BCUT2D eigenvalue weighted by molar-refractivity contribution is -0.147. The molecule has 1 unspecified atom stereocenters. The number of hydrogen-bond acceptors (Lipinski definition) is 4. The number of carbonyl (C=O) groups excluding carboxylic acids is 1. The maximum Gasteiger partial charge on any atom is 0.323 e. The summed E-state index contributed by atoms with van der Waals surface area (Å²) in [6, 6.07) is 2.05. The summed E-state index contributed by atoms with van der Waals surface area (Å²) in [6.45, 7) is 3.89. The molecule has 0 aliphatic carbocycles. The van der Waals surface area contributed by atoms with Crippen LogP contribution in [0.25, 0.3) is 0 Å². The zero-order valence-electron chi connectivity index (χ0n) is 8.86. The van der Waals surface area contributed by atoms with Gasteiger partial charge in [-0.15, -0.1) is 12.4 Å². The molecule has 1 fully saturated rings. The van der Waals surface area contributed by atoms with Crippen LogP contribution in [0.5, 0.6) is 0 Å². The first kappa shape index (κ1) is 14.2. The summed E-state index contributed by atoms with van der Waals surface area (Å²) in [5, 5.41) is 12.1. The molecular weight excluding hydrogens is 216 g/mol. The van der Waals surface area contributed by atoms with Gasteiger partial charge in [-0.25, -0.2) is 0 Å². The fraction of sp³-hybridized carbons (Fsp3) is 0.800. The second kappa shape index (κ2) is 7.49. The van der Waals surface area contributed by atoms with E-state index in [1.54, 1.807) is 6.92 Å². The lowest BCUT2D eigenvalue weighted by atomic mass is 9.86. The fourth-order valence-corrected chi connectivity index (χ4v) is 1.76. The van der Waals surface area contributed by atoms with Gasteiger partial charge in [-0.05, 0) is 38.8 Å². The molecule has 1 atom stereocenters. The Morgan fingerprint density at radius 1 is 1.60 bits per heavy atom. The Labute approximate surface area is 96.4 Å². The van der Waals surface area contributed by atoms with Crippen LogP contribution in [0.2, 0.25) is 0 Å². The van der Waals surface area contributed by atoms with E-state index in [4.69, 9.17) is 10.00 Å². The van der Waals surface area contributed by atoms with Gasteiger partial charge in [0.1, 0.15) is 5.92 Å². The highest BCUT2D eigenvalue weighted by molar-refractivity contribution is 5.85. The lowest BCUT2D eigenvalue weighted by Crippen LogP contribution is -2.34. The Morgan fingerprint density at radius 3 is 2.67 bits per heavy atom. The average Bonchev–Trinajstić information content (AvgIpc) is 2.21. The molecule has 15 heavy (non-hydrogen) atoms. The number of carbonyl (C=O) groups is 1. The maximum atomic E-state index is 11.4. The molecule has 1 heterocycles. The Morgan fingerprint density at radius 2 is 2.20 bits per heavy atom. The van der Waals surface area contributed by atoms with E-state index in [-0.39, 0.29) is 24.3 Å². The zero-order chi connectivity index (χ0) is 10.4. The van der Waals surface area contributed by atoms with Crippen LogP contribution in [0.4, 0.5) is 0 Å². The minimum absolute atomic E-state index is 0. The molecule has 1 aliphatic rings. The number of ether oxygens (including phenoxy) is 1. The van der Waals surface area contributed by atoms with Crippen LogP contribution in [0.1, 0.15) is 19.8 Å². The minimum atomic E-state index is -0.572. The third-order valence-corrected chi connectivity index (χ3v) is 2.53. The lowest BCUT2D eigenvalue weighted by Gasteiger charge is -2.25. The predicted molar refractivity (Wildman–Crippen MR) is 58.6 cm³/mol. The monoisotopic (exact) mass is 232 g/mol. The van der Waals surface area contributed by atoms with E-state index in [1.807, 2.05) is 0 Å². The molecule has 5 heteroatoms. The molecule has 4 nitrogen and oxygen atoms in total. The molecule has 0 aromatic rings. The predicted octanol–water partition coefficient (Wildman–Crippen LogP) is 1.11. The second-order valence-electron chi connectivity index (χ2n) is 3.45. The molecule has 0 aromatic carbocycles. The van der Waals surface area contributed by atoms with Crippen molar-refractivity contribution in [3.05, 3.63) is 0 Å². The fourth-order valence-electron chi connectivity index (χ4n) is 1.76. The topological polar surface area (TPSA) is 62.1 Å². The molecule has 0 radical (unpaired) electrons. The van der Waals surface area contributed by atoms with Crippen molar-refractivity contribution in [2.75, 3.05) is 19.7 Å². The van der Waals surface area contributed by atoms with Crippen LogP contribution in [0.15, 0.2) is 0 Å². The second-order valence-corrected chi connectivity index (χ2v) is 3.45. The number of nitrogens with zero attached hydrogens (tertiary/aromatic N) is 1. The average molecular weight is 233 g/mol. The molecule has 1 rings (SSSR count). The number of nitrogens with one attached hydrogen (secondary N) is 1. The van der Waals surface area contributed by atoms with Crippen molar-refractivity contribution in [2.24, 2.45) is 11.8 Å². The van der Waals surface area contributed by atoms with Crippen LogP contribution in [-0.2, 0) is 9.53 Å². The van der Waals surface area contributed by atoms with Crippen molar-refractivity contribution in [1.29, 1.82) is 5.26 Å². The number of halogens is 1. The molecule has 0 bridgehead atoms. The highest BCUT2D eigenvalue weighted by Crippen LogP contribution is 2.22. The number of hydrogen-bond donors (Lipinski definition) is 1. The van der Waals surface area contributed by atoms with Crippen LogP contribution in [-0.4, -0.2) is 25.7 Å². The van der Waals surface area contributed by atoms with E-state index in [0.717, 1.165) is 25.9 Å². The minimum Gasteiger partial charge on any atom is -0.465 e. The molecular formula is C10H17ClN2O2. The summed E-state index contributed by atoms with van der Waals surface area (Å²) in [6.07, 6.45) is 1.77. The molecule has 86 valence electrons. The third-order valence-electron chi connectivity index (χ3n) is 2.53. The molecule has 0 aromatic heterocycles. The van der Waals surface area contributed by atoms with E-state index in [2.05, 4.69) is 11.4 Å². The quantitative estimate of drug-likeness (QED) is 0.741. The summed E-state index contributed by atoms with van der Waals surface area (Å²) in [5.41, 5.74) is 0. The first-order valence-electron chi connectivity index (χ1n) is 5.06. The summed E-state index contributed by atoms with van der Waals surface area (Å²) in [7, 11) is 0. The Hall–Kier alpha value is -0.790. The van der Waals surface area contributed by atoms with E-state index >= 15 is 0 Å². The smallest absolute Gasteiger partial charge is 0.323 e. The standard InChI is InChI=1S/C10H16N2O2.ClH/c1-2-14-10(13)9(7-11)8-3-5-12-6-4-8;/h8-9,12H,2-6H2,1H3;1H. The molecule has 1 N–H and O–H groups in total. The van der Waals surface area contributed by atoms with Crippen molar-refractivity contribution >= 4 is 18.4 Å². The van der Waals surface area contributed by atoms with Gasteiger partial charge in [0, 0.05) is 0 Å². The molecule has 1 aliphatic heterocycles. The Kier molecular flexibility index (Phi) is 7.10. The molecule has 0 saturated carbocycles. The Bertz CT molecular complexity index is 234. The van der Waals surface area contributed by atoms with E-state index in [0.29, 0.717) is 6.61 Å². The summed E-state index contributed by atoms with van der Waals surface area (Å²) < 4.78 is 4.87. The van der Waals surface area contributed by atoms with Crippen molar-refractivity contribution in [1.82, 2.24) is 5.32 Å². The number of nitriles is 1. The first-order chi connectivity index (χ1) is 6.79.